The van der Waals surface area contributed by atoms with Gasteiger partial charge in [0.2, 0.25) is 0 Å². The van der Waals surface area contributed by atoms with E-state index in [-0.39, 0.29) is 6.61 Å². The molecule has 10 heteroatoms. The van der Waals surface area contributed by atoms with Gasteiger partial charge in [-0.2, -0.15) is 0 Å². The number of ether oxygens (including phenoxy) is 5. The molecule has 39 heavy (non-hydrogen) atoms. The number of hydrogen-bond acceptors (Lipinski definition) is 9. The summed E-state index contributed by atoms with van der Waals surface area (Å²) in [6.07, 6.45) is -3.56. The van der Waals surface area contributed by atoms with Crippen LogP contribution in [0.2, 0.25) is 0 Å². The van der Waals surface area contributed by atoms with E-state index in [1.54, 1.807) is 0 Å². The average Bonchev–Trinajstić information content (AvgIpc) is 2.87. The van der Waals surface area contributed by atoms with E-state index in [1.165, 1.54) is 31.3 Å². The molecular weight excluding hydrogens is 620 g/mol. The van der Waals surface area contributed by atoms with Gasteiger partial charge in [0.1, 0.15) is 0 Å². The topological polar surface area (TPSA) is 114 Å². The molecular formula is C29H32O9Te. The third-order valence-corrected chi connectivity index (χ3v) is 8.79. The van der Waals surface area contributed by atoms with Crippen LogP contribution in [0.15, 0.2) is 60.7 Å². The molecule has 0 bridgehead atoms. The van der Waals surface area contributed by atoms with Crippen molar-refractivity contribution in [1.29, 1.82) is 0 Å². The first-order valence-corrected chi connectivity index (χ1v) is 14.7. The van der Waals surface area contributed by atoms with Crippen LogP contribution in [0, 0.1) is 6.92 Å². The van der Waals surface area contributed by atoms with Gasteiger partial charge in [0.05, 0.1) is 0 Å². The van der Waals surface area contributed by atoms with Crippen molar-refractivity contribution in [1.82, 2.24) is 0 Å². The molecule has 9 nitrogen and oxygen atoms in total. The molecule has 0 saturated carbocycles. The first-order chi connectivity index (χ1) is 18.5. The molecule has 1 heterocycles. The summed E-state index contributed by atoms with van der Waals surface area (Å²) in [6.45, 7) is 6.63. The SMILES string of the molecule is CC(=O)OC[C@H]1O[C@H](/C=C(\[Te]c2ccc(C)cc2)c2ccccc2)[C@H](OC(C)=O)[C@@H](OC(C)=O)[C@@H]1OC(C)=O. The third kappa shape index (κ3) is 9.20. The summed E-state index contributed by atoms with van der Waals surface area (Å²) in [4.78, 5) is 47.9. The Hall–Kier alpha value is -3.19. The first kappa shape index (κ1) is 30.4. The summed E-state index contributed by atoms with van der Waals surface area (Å²) >= 11 is -0.954. The van der Waals surface area contributed by atoms with Gasteiger partial charge in [-0.3, -0.25) is 0 Å². The molecule has 0 N–H and O–H groups in total. The minimum absolute atomic E-state index is 0.266. The van der Waals surface area contributed by atoms with Gasteiger partial charge in [0.25, 0.3) is 0 Å². The normalized spacial score (nSPS) is 22.9. The fraction of sp³-hybridized carbons (Fsp3) is 0.379. The number of carbonyl (C=O) groups is 4. The van der Waals surface area contributed by atoms with Crippen molar-refractivity contribution in [3.8, 4) is 0 Å². The van der Waals surface area contributed by atoms with Crippen molar-refractivity contribution in [2.24, 2.45) is 0 Å². The number of carbonyl (C=O) groups excluding carboxylic acids is 4. The predicted molar refractivity (Wildman–Crippen MR) is 143 cm³/mol. The molecule has 0 aromatic heterocycles. The average molecular weight is 652 g/mol. The standard InChI is InChI=1S/C29H32O9Te/c1-17-11-13-23(14-12-17)39-26(22-9-7-6-8-10-22)15-24-27(35-19(3)31)29(37-21(5)33)28(36-20(4)32)25(38-24)16-34-18(2)30/h6-15,24-25,27-29H,16H2,1-5H3/b26-15-/t24-,25-,27+,28-,29-/m1/s1. The van der Waals surface area contributed by atoms with Crippen molar-refractivity contribution in [2.45, 2.75) is 65.1 Å². The summed E-state index contributed by atoms with van der Waals surface area (Å²) < 4.78 is 30.3. The van der Waals surface area contributed by atoms with Gasteiger partial charge in [-0.15, -0.1) is 0 Å². The van der Waals surface area contributed by atoms with Gasteiger partial charge in [0.15, 0.2) is 0 Å². The zero-order valence-electron chi connectivity index (χ0n) is 22.4. The van der Waals surface area contributed by atoms with E-state index in [2.05, 4.69) is 24.3 Å². The van der Waals surface area contributed by atoms with Crippen LogP contribution in [-0.2, 0) is 42.9 Å². The number of esters is 4. The van der Waals surface area contributed by atoms with E-state index in [4.69, 9.17) is 23.7 Å². The summed E-state index contributed by atoms with van der Waals surface area (Å²) in [6, 6.07) is 18.0. The Morgan fingerprint density at radius 1 is 0.769 bits per heavy atom. The number of aryl methyl sites for hydroxylation is 1. The predicted octanol–water partition coefficient (Wildman–Crippen LogP) is 2.49. The van der Waals surface area contributed by atoms with E-state index >= 15 is 0 Å². The van der Waals surface area contributed by atoms with Crippen molar-refractivity contribution in [3.63, 3.8) is 0 Å². The Balaban J connectivity index is 2.12. The van der Waals surface area contributed by atoms with Crippen LogP contribution in [0.3, 0.4) is 0 Å². The van der Waals surface area contributed by atoms with Gasteiger partial charge in [-0.05, 0) is 0 Å². The summed E-state index contributed by atoms with van der Waals surface area (Å²) in [5, 5.41) is 0. The molecule has 0 amide bonds. The first-order valence-electron chi connectivity index (χ1n) is 12.4. The van der Waals surface area contributed by atoms with E-state index < -0.39 is 75.3 Å². The maximum atomic E-state index is 12.2. The van der Waals surface area contributed by atoms with Crippen LogP contribution in [0.5, 0.6) is 0 Å². The van der Waals surface area contributed by atoms with Crippen LogP contribution >= 0.6 is 0 Å². The minimum atomic E-state index is -1.21. The van der Waals surface area contributed by atoms with Crippen LogP contribution < -0.4 is 3.61 Å². The Labute approximate surface area is 237 Å². The van der Waals surface area contributed by atoms with Gasteiger partial charge >= 0.3 is 238 Å². The van der Waals surface area contributed by atoms with Gasteiger partial charge < -0.3 is 0 Å². The van der Waals surface area contributed by atoms with Crippen molar-refractivity contribution in [2.75, 3.05) is 6.61 Å². The summed E-state index contributed by atoms with van der Waals surface area (Å²) in [5.74, 6) is -2.52. The Kier molecular flexibility index (Phi) is 11.1. The number of rotatable bonds is 9. The molecule has 1 fully saturated rings. The zero-order valence-corrected chi connectivity index (χ0v) is 24.8. The molecule has 0 radical (unpaired) electrons. The maximum absolute atomic E-state index is 12.2. The Bertz CT molecular complexity index is 1190. The van der Waals surface area contributed by atoms with E-state index in [9.17, 15) is 19.2 Å². The van der Waals surface area contributed by atoms with Crippen LogP contribution in [0.4, 0.5) is 0 Å². The number of hydrogen-bond donors (Lipinski definition) is 0. The van der Waals surface area contributed by atoms with E-state index in [1.807, 2.05) is 43.3 Å². The van der Waals surface area contributed by atoms with E-state index in [0.717, 1.165) is 14.7 Å². The van der Waals surface area contributed by atoms with Gasteiger partial charge in [-0.1, -0.05) is 0 Å². The molecule has 1 saturated heterocycles. The zero-order chi connectivity index (χ0) is 28.5. The van der Waals surface area contributed by atoms with Gasteiger partial charge in [-0.25, -0.2) is 0 Å². The molecule has 1 aliphatic heterocycles. The Morgan fingerprint density at radius 3 is 1.90 bits per heavy atom. The molecule has 0 unspecified atom stereocenters. The van der Waals surface area contributed by atoms with Crippen LogP contribution in [0.25, 0.3) is 3.62 Å². The molecule has 1 aliphatic rings. The molecule has 2 aromatic carbocycles. The number of benzene rings is 2. The van der Waals surface area contributed by atoms with Crippen molar-refractivity contribution in [3.05, 3.63) is 71.8 Å². The fourth-order valence-electron chi connectivity index (χ4n) is 4.07. The van der Waals surface area contributed by atoms with Crippen molar-refractivity contribution < 1.29 is 42.9 Å². The molecule has 0 aliphatic carbocycles. The van der Waals surface area contributed by atoms with Crippen LogP contribution in [0.1, 0.15) is 38.8 Å². The molecule has 2 aromatic rings. The van der Waals surface area contributed by atoms with Crippen LogP contribution in [-0.4, -0.2) is 81.9 Å². The quantitative estimate of drug-likeness (QED) is 0.229. The molecule has 3 rings (SSSR count). The Morgan fingerprint density at radius 2 is 1.33 bits per heavy atom. The summed E-state index contributed by atoms with van der Waals surface area (Å²) in [7, 11) is 0. The second kappa shape index (κ2) is 14.3. The van der Waals surface area contributed by atoms with Crippen molar-refractivity contribution >= 4 is 52.0 Å². The third-order valence-electron chi connectivity index (χ3n) is 5.65. The monoisotopic (exact) mass is 654 g/mol. The molecule has 208 valence electrons. The second-order valence-electron chi connectivity index (χ2n) is 8.98. The fourth-order valence-corrected chi connectivity index (χ4v) is 6.87. The molecule has 0 spiro atoms. The second-order valence-corrected chi connectivity index (χ2v) is 12.2. The summed E-state index contributed by atoms with van der Waals surface area (Å²) in [5.41, 5.74) is 2.12. The molecule has 5 atom stereocenters. The van der Waals surface area contributed by atoms with E-state index in [0.29, 0.717) is 0 Å². The van der Waals surface area contributed by atoms with Gasteiger partial charge in [0, 0.05) is 0 Å².